The van der Waals surface area contributed by atoms with Gasteiger partial charge in [0.2, 0.25) is 0 Å². The Morgan fingerprint density at radius 2 is 2.04 bits per heavy atom. The summed E-state index contributed by atoms with van der Waals surface area (Å²) in [7, 11) is 0. The first kappa shape index (κ1) is 15.3. The lowest BCUT2D eigenvalue weighted by molar-refractivity contribution is 0.466. The lowest BCUT2D eigenvalue weighted by Crippen LogP contribution is -2.32. The summed E-state index contributed by atoms with van der Waals surface area (Å²) in [5, 5.41) is 21.4. The fraction of sp³-hybridized carbons (Fsp3) is 0.263. The molecule has 1 aliphatic heterocycles. The van der Waals surface area contributed by atoms with Crippen LogP contribution in [0.15, 0.2) is 48.7 Å². The highest BCUT2D eigenvalue weighted by atomic mass is 15.3. The number of benzene rings is 1. The molecule has 1 N–H and O–H groups in total. The lowest BCUT2D eigenvalue weighted by atomic mass is 10.1. The molecule has 0 saturated carbocycles. The molecular formula is C19H18N6. The number of nitrogens with one attached hydrogen (secondary N) is 1. The Morgan fingerprint density at radius 3 is 2.88 bits per heavy atom. The van der Waals surface area contributed by atoms with Crippen LogP contribution in [-0.4, -0.2) is 25.8 Å². The first-order chi connectivity index (χ1) is 12.3. The van der Waals surface area contributed by atoms with E-state index in [1.165, 1.54) is 5.56 Å². The first-order valence-electron chi connectivity index (χ1n) is 8.40. The molecule has 6 nitrogen and oxygen atoms in total. The largest absolute Gasteiger partial charge is 0.364 e. The number of fused-ring (bicyclic) bond motifs is 1. The summed E-state index contributed by atoms with van der Waals surface area (Å²) < 4.78 is 2.20. The highest BCUT2D eigenvalue weighted by Gasteiger charge is 2.23. The molecule has 25 heavy (non-hydrogen) atoms. The van der Waals surface area contributed by atoms with Gasteiger partial charge in [0.15, 0.2) is 0 Å². The number of aromatic nitrogens is 4. The van der Waals surface area contributed by atoms with Crippen molar-refractivity contribution in [2.45, 2.75) is 31.8 Å². The second-order valence-corrected chi connectivity index (χ2v) is 6.20. The molecule has 4 rings (SSSR count). The molecule has 2 aromatic heterocycles. The van der Waals surface area contributed by atoms with Crippen LogP contribution < -0.4 is 5.32 Å². The van der Waals surface area contributed by atoms with Gasteiger partial charge in [0.25, 0.3) is 0 Å². The molecule has 124 valence electrons. The van der Waals surface area contributed by atoms with Gasteiger partial charge in [-0.05, 0) is 24.1 Å². The summed E-state index contributed by atoms with van der Waals surface area (Å²) in [4.78, 5) is 4.30. The zero-order valence-corrected chi connectivity index (χ0v) is 13.8. The molecule has 3 aromatic rings. The Hall–Kier alpha value is -3.20. The van der Waals surface area contributed by atoms with Gasteiger partial charge in [-0.25, -0.2) is 4.98 Å². The zero-order valence-electron chi connectivity index (χ0n) is 13.8. The Morgan fingerprint density at radius 1 is 1.16 bits per heavy atom. The molecule has 0 bridgehead atoms. The number of rotatable bonds is 4. The summed E-state index contributed by atoms with van der Waals surface area (Å²) in [6.07, 6.45) is 4.30. The van der Waals surface area contributed by atoms with Gasteiger partial charge in [-0.15, -0.1) is 10.2 Å². The maximum atomic E-state index is 9.23. The standard InChI is InChI=1S/C19H18N6/c20-12-15-7-4-10-21-19(15)22-16-8-9-17-23-24-18(25(17)13-16)11-14-5-2-1-3-6-14/h1-7,10,16H,8-9,11,13H2,(H,21,22)/t16-/m0/s1. The van der Waals surface area contributed by atoms with E-state index in [4.69, 9.17) is 0 Å². The molecule has 0 amide bonds. The van der Waals surface area contributed by atoms with Crippen molar-refractivity contribution in [3.05, 3.63) is 71.4 Å². The predicted molar refractivity (Wildman–Crippen MR) is 94.0 cm³/mol. The maximum absolute atomic E-state index is 9.23. The Kier molecular flexibility index (Phi) is 4.13. The van der Waals surface area contributed by atoms with Crippen molar-refractivity contribution in [1.29, 1.82) is 5.26 Å². The van der Waals surface area contributed by atoms with E-state index in [2.05, 4.69) is 43.3 Å². The van der Waals surface area contributed by atoms with E-state index in [1.807, 2.05) is 18.2 Å². The molecule has 3 heterocycles. The Bertz CT molecular complexity index is 909. The second kappa shape index (κ2) is 6.73. The molecule has 0 fully saturated rings. The molecule has 1 aliphatic rings. The van der Waals surface area contributed by atoms with E-state index in [0.717, 1.165) is 37.5 Å². The number of hydrogen-bond donors (Lipinski definition) is 1. The average Bonchev–Trinajstić information content (AvgIpc) is 3.05. The van der Waals surface area contributed by atoms with Crippen LogP contribution >= 0.6 is 0 Å². The van der Waals surface area contributed by atoms with Gasteiger partial charge in [0.1, 0.15) is 23.5 Å². The van der Waals surface area contributed by atoms with E-state index >= 15 is 0 Å². The number of nitrogens with zero attached hydrogens (tertiary/aromatic N) is 5. The van der Waals surface area contributed by atoms with Gasteiger partial charge in [-0.3, -0.25) is 0 Å². The van der Waals surface area contributed by atoms with Crippen LogP contribution in [-0.2, 0) is 19.4 Å². The van der Waals surface area contributed by atoms with E-state index in [-0.39, 0.29) is 6.04 Å². The van der Waals surface area contributed by atoms with E-state index < -0.39 is 0 Å². The third-order valence-corrected chi connectivity index (χ3v) is 4.50. The highest BCUT2D eigenvalue weighted by Crippen LogP contribution is 2.21. The summed E-state index contributed by atoms with van der Waals surface area (Å²) in [6, 6.07) is 16.3. The lowest BCUT2D eigenvalue weighted by Gasteiger charge is -2.26. The molecule has 0 spiro atoms. The molecule has 0 aliphatic carbocycles. The highest BCUT2D eigenvalue weighted by molar-refractivity contribution is 5.51. The van der Waals surface area contributed by atoms with Gasteiger partial charge in [-0.2, -0.15) is 5.26 Å². The van der Waals surface area contributed by atoms with E-state index in [1.54, 1.807) is 18.3 Å². The maximum Gasteiger partial charge on any atom is 0.144 e. The quantitative estimate of drug-likeness (QED) is 0.795. The minimum absolute atomic E-state index is 0.208. The van der Waals surface area contributed by atoms with Crippen molar-refractivity contribution in [3.63, 3.8) is 0 Å². The van der Waals surface area contributed by atoms with Crippen LogP contribution in [0.3, 0.4) is 0 Å². The van der Waals surface area contributed by atoms with Crippen LogP contribution in [0.4, 0.5) is 5.82 Å². The van der Waals surface area contributed by atoms with Crippen LogP contribution in [0.2, 0.25) is 0 Å². The minimum atomic E-state index is 0.208. The number of nitriles is 1. The predicted octanol–water partition coefficient (Wildman–Crippen LogP) is 2.56. The van der Waals surface area contributed by atoms with E-state index in [9.17, 15) is 5.26 Å². The topological polar surface area (TPSA) is 79.4 Å². The summed E-state index contributed by atoms with van der Waals surface area (Å²) in [5.41, 5.74) is 1.80. The van der Waals surface area contributed by atoms with E-state index in [0.29, 0.717) is 11.4 Å². The van der Waals surface area contributed by atoms with Crippen molar-refractivity contribution < 1.29 is 0 Å². The van der Waals surface area contributed by atoms with Crippen molar-refractivity contribution in [2.24, 2.45) is 0 Å². The van der Waals surface area contributed by atoms with Crippen LogP contribution in [0, 0.1) is 11.3 Å². The number of hydrogen-bond acceptors (Lipinski definition) is 5. The molecule has 0 saturated heterocycles. The van der Waals surface area contributed by atoms with Crippen molar-refractivity contribution in [1.82, 2.24) is 19.7 Å². The zero-order chi connectivity index (χ0) is 17.1. The minimum Gasteiger partial charge on any atom is -0.364 e. The van der Waals surface area contributed by atoms with Gasteiger partial charge in [0.05, 0.1) is 5.56 Å². The SMILES string of the molecule is N#Cc1cccnc1N[C@H]1CCc2nnc(Cc3ccccc3)n2C1. The molecule has 1 atom stereocenters. The normalized spacial score (nSPS) is 16.0. The third-order valence-electron chi connectivity index (χ3n) is 4.50. The summed E-state index contributed by atoms with van der Waals surface area (Å²) in [5.74, 6) is 2.66. The van der Waals surface area contributed by atoms with Crippen molar-refractivity contribution >= 4 is 5.82 Å². The molecule has 0 radical (unpaired) electrons. The van der Waals surface area contributed by atoms with Crippen LogP contribution in [0.5, 0.6) is 0 Å². The van der Waals surface area contributed by atoms with Crippen LogP contribution in [0.1, 0.15) is 29.2 Å². The number of pyridine rings is 1. The Labute approximate surface area is 146 Å². The van der Waals surface area contributed by atoms with Crippen molar-refractivity contribution in [3.8, 4) is 6.07 Å². The van der Waals surface area contributed by atoms with Gasteiger partial charge < -0.3 is 9.88 Å². The molecule has 1 aromatic carbocycles. The van der Waals surface area contributed by atoms with Gasteiger partial charge in [0, 0.05) is 31.6 Å². The third kappa shape index (κ3) is 3.22. The molecular weight excluding hydrogens is 312 g/mol. The van der Waals surface area contributed by atoms with Crippen molar-refractivity contribution in [2.75, 3.05) is 5.32 Å². The summed E-state index contributed by atoms with van der Waals surface area (Å²) >= 11 is 0. The molecule has 6 heteroatoms. The van der Waals surface area contributed by atoms with Gasteiger partial charge >= 0.3 is 0 Å². The van der Waals surface area contributed by atoms with Gasteiger partial charge in [-0.1, -0.05) is 30.3 Å². The average molecular weight is 330 g/mol. The first-order valence-corrected chi connectivity index (χ1v) is 8.40. The Balaban J connectivity index is 1.53. The second-order valence-electron chi connectivity index (χ2n) is 6.20. The smallest absolute Gasteiger partial charge is 0.144 e. The van der Waals surface area contributed by atoms with Crippen LogP contribution in [0.25, 0.3) is 0 Å². The monoisotopic (exact) mass is 330 g/mol. The number of anilines is 1. The fourth-order valence-corrected chi connectivity index (χ4v) is 3.21. The number of aryl methyl sites for hydroxylation is 1. The molecule has 0 unspecified atom stereocenters. The summed E-state index contributed by atoms with van der Waals surface area (Å²) in [6.45, 7) is 0.784. The fourth-order valence-electron chi connectivity index (χ4n) is 3.21.